The molecule has 0 spiro atoms. The molecule has 0 atom stereocenters. The van der Waals surface area contributed by atoms with Crippen LogP contribution in [0.2, 0.25) is 0 Å². The van der Waals surface area contributed by atoms with Gasteiger partial charge in [-0.1, -0.05) is 0 Å². The van der Waals surface area contributed by atoms with E-state index < -0.39 is 5.82 Å². The number of aromatic nitrogens is 1. The van der Waals surface area contributed by atoms with E-state index in [-0.39, 0.29) is 30.0 Å². The average molecular weight is 297 g/mol. The monoisotopic (exact) mass is 297 g/mol. The maximum atomic E-state index is 14.1. The third-order valence-electron chi connectivity index (χ3n) is 3.53. The molecule has 0 radical (unpaired) electrons. The van der Waals surface area contributed by atoms with Gasteiger partial charge in [0.1, 0.15) is 0 Å². The van der Waals surface area contributed by atoms with Gasteiger partial charge in [0.2, 0.25) is 0 Å². The molecule has 1 aliphatic rings. The van der Waals surface area contributed by atoms with E-state index in [9.17, 15) is 9.18 Å². The molecular formula is C14H20FN3O3. The number of hydrogen-bond donors (Lipinski definition) is 2. The van der Waals surface area contributed by atoms with E-state index in [2.05, 4.69) is 10.3 Å². The first-order chi connectivity index (χ1) is 10.2. The predicted molar refractivity (Wildman–Crippen MR) is 75.7 cm³/mol. The van der Waals surface area contributed by atoms with E-state index in [1.165, 1.54) is 12.3 Å². The second-order valence-electron chi connectivity index (χ2n) is 4.86. The lowest BCUT2D eigenvalue weighted by molar-refractivity contribution is -0.00561. The fraction of sp³-hybridized carbons (Fsp3) is 0.571. The number of aliphatic hydroxyl groups is 1. The van der Waals surface area contributed by atoms with Crippen LogP contribution in [0.4, 0.5) is 10.2 Å². The van der Waals surface area contributed by atoms with Gasteiger partial charge in [0.05, 0.1) is 24.9 Å². The summed E-state index contributed by atoms with van der Waals surface area (Å²) in [6, 6.07) is 1.40. The number of pyridine rings is 1. The summed E-state index contributed by atoms with van der Waals surface area (Å²) in [7, 11) is 1.56. The van der Waals surface area contributed by atoms with Gasteiger partial charge in [0.15, 0.2) is 11.6 Å². The van der Waals surface area contributed by atoms with Crippen LogP contribution in [0.1, 0.15) is 23.2 Å². The minimum atomic E-state index is -0.622. The van der Waals surface area contributed by atoms with Crippen LogP contribution < -0.4 is 5.32 Å². The first kappa shape index (κ1) is 15.7. The van der Waals surface area contributed by atoms with E-state index in [0.717, 1.165) is 0 Å². The molecule has 6 nitrogen and oxygen atoms in total. The maximum Gasteiger partial charge on any atom is 0.257 e. The molecule has 2 heterocycles. The van der Waals surface area contributed by atoms with Crippen molar-refractivity contribution >= 4 is 11.7 Å². The number of nitrogens with zero attached hydrogens (tertiary/aromatic N) is 2. The molecule has 0 unspecified atom stereocenters. The average Bonchev–Trinajstić information content (AvgIpc) is 2.53. The van der Waals surface area contributed by atoms with Crippen molar-refractivity contribution < 1.29 is 19.0 Å². The largest absolute Gasteiger partial charge is 0.394 e. The van der Waals surface area contributed by atoms with Crippen molar-refractivity contribution in [1.82, 2.24) is 9.88 Å². The summed E-state index contributed by atoms with van der Waals surface area (Å²) in [6.45, 7) is 1.34. The first-order valence-electron chi connectivity index (χ1n) is 7.01. The molecule has 0 aliphatic carbocycles. The molecule has 0 saturated carbocycles. The number of anilines is 1. The molecule has 21 heavy (non-hydrogen) atoms. The Morgan fingerprint density at radius 1 is 1.57 bits per heavy atom. The van der Waals surface area contributed by atoms with Crippen molar-refractivity contribution in [2.75, 3.05) is 38.7 Å². The van der Waals surface area contributed by atoms with Crippen molar-refractivity contribution in [3.63, 3.8) is 0 Å². The number of likely N-dealkylation sites (tertiary alicyclic amines) is 1. The molecule has 1 aromatic heterocycles. The van der Waals surface area contributed by atoms with Crippen LogP contribution in [0.3, 0.4) is 0 Å². The lowest BCUT2D eigenvalue weighted by atomic mass is 10.1. The third kappa shape index (κ3) is 3.68. The molecule has 0 bridgehead atoms. The number of hydrogen-bond acceptors (Lipinski definition) is 5. The number of piperidine rings is 1. The van der Waals surface area contributed by atoms with Gasteiger partial charge in [-0.2, -0.15) is 0 Å². The van der Waals surface area contributed by atoms with Gasteiger partial charge in [0, 0.05) is 26.3 Å². The second-order valence-corrected chi connectivity index (χ2v) is 4.86. The number of rotatable bonds is 5. The highest BCUT2D eigenvalue weighted by Crippen LogP contribution is 2.20. The summed E-state index contributed by atoms with van der Waals surface area (Å²) >= 11 is 0. The Morgan fingerprint density at radius 3 is 2.90 bits per heavy atom. The van der Waals surface area contributed by atoms with Crippen molar-refractivity contribution in [3.8, 4) is 0 Å². The van der Waals surface area contributed by atoms with E-state index in [1.807, 2.05) is 0 Å². The van der Waals surface area contributed by atoms with Crippen LogP contribution in [0.15, 0.2) is 12.3 Å². The topological polar surface area (TPSA) is 74.7 Å². The number of carbonyl (C=O) groups is 1. The van der Waals surface area contributed by atoms with Gasteiger partial charge in [-0.3, -0.25) is 4.79 Å². The lowest BCUT2D eigenvalue weighted by Gasteiger charge is -2.32. The third-order valence-corrected chi connectivity index (χ3v) is 3.53. The zero-order valence-electron chi connectivity index (χ0n) is 12.0. The number of aliphatic hydroxyl groups excluding tert-OH is 1. The van der Waals surface area contributed by atoms with Crippen molar-refractivity contribution in [1.29, 1.82) is 0 Å². The fourth-order valence-corrected chi connectivity index (χ4v) is 2.40. The smallest absolute Gasteiger partial charge is 0.257 e. The number of carbonyl (C=O) groups excluding carboxylic acids is 1. The van der Waals surface area contributed by atoms with Crippen LogP contribution >= 0.6 is 0 Å². The minimum absolute atomic E-state index is 0.00579. The molecule has 1 amide bonds. The van der Waals surface area contributed by atoms with Crippen LogP contribution in [0, 0.1) is 5.82 Å². The highest BCUT2D eigenvalue weighted by Gasteiger charge is 2.26. The molecular weight excluding hydrogens is 277 g/mol. The van der Waals surface area contributed by atoms with Gasteiger partial charge < -0.3 is 20.1 Å². The van der Waals surface area contributed by atoms with Crippen LogP contribution in [-0.2, 0) is 4.74 Å². The van der Waals surface area contributed by atoms with Crippen LogP contribution in [0.25, 0.3) is 0 Å². The second kappa shape index (κ2) is 7.33. The summed E-state index contributed by atoms with van der Waals surface area (Å²) in [6.07, 6.45) is 2.85. The predicted octanol–water partition coefficient (Wildman–Crippen LogP) is 0.876. The number of amides is 1. The van der Waals surface area contributed by atoms with Gasteiger partial charge >= 0.3 is 0 Å². The van der Waals surface area contributed by atoms with Crippen molar-refractivity contribution in [2.45, 2.75) is 18.9 Å². The summed E-state index contributed by atoms with van der Waals surface area (Å²) in [5, 5.41) is 11.3. The standard InChI is InChI=1S/C14H20FN3O3/c1-16-13-12(15)11(2-5-17-13)14(20)18-6-3-10(4-7-18)21-9-8-19/h2,5,10,19H,3-4,6-9H2,1H3,(H,16,17). The normalized spacial score (nSPS) is 16.0. The van der Waals surface area contributed by atoms with Gasteiger partial charge in [-0.25, -0.2) is 9.37 Å². The molecule has 1 aliphatic heterocycles. The molecule has 7 heteroatoms. The van der Waals surface area contributed by atoms with Crippen LogP contribution in [-0.4, -0.2) is 60.4 Å². The SMILES string of the molecule is CNc1nccc(C(=O)N2CCC(OCCO)CC2)c1F. The Bertz CT molecular complexity index is 490. The Hall–Kier alpha value is -1.73. The highest BCUT2D eigenvalue weighted by atomic mass is 19.1. The first-order valence-corrected chi connectivity index (χ1v) is 7.01. The number of nitrogens with one attached hydrogen (secondary N) is 1. The Labute approximate surface area is 122 Å². The summed E-state index contributed by atoms with van der Waals surface area (Å²) in [5.74, 6) is -0.877. The molecule has 1 aromatic rings. The summed E-state index contributed by atoms with van der Waals surface area (Å²) in [4.78, 5) is 17.8. The zero-order chi connectivity index (χ0) is 15.2. The van der Waals surface area contributed by atoms with E-state index >= 15 is 0 Å². The number of ether oxygens (including phenoxy) is 1. The Balaban J connectivity index is 1.99. The molecule has 0 aromatic carbocycles. The molecule has 1 fully saturated rings. The Kier molecular flexibility index (Phi) is 5.46. The van der Waals surface area contributed by atoms with Gasteiger partial charge in [-0.15, -0.1) is 0 Å². The van der Waals surface area contributed by atoms with E-state index in [1.54, 1.807) is 11.9 Å². The molecule has 2 rings (SSSR count). The van der Waals surface area contributed by atoms with Crippen LogP contribution in [0.5, 0.6) is 0 Å². The number of halogens is 1. The molecule has 2 N–H and O–H groups in total. The minimum Gasteiger partial charge on any atom is -0.394 e. The molecule has 116 valence electrons. The van der Waals surface area contributed by atoms with E-state index in [0.29, 0.717) is 32.5 Å². The summed E-state index contributed by atoms with van der Waals surface area (Å²) in [5.41, 5.74) is 0.0316. The van der Waals surface area contributed by atoms with Gasteiger partial charge in [0.25, 0.3) is 5.91 Å². The van der Waals surface area contributed by atoms with E-state index in [4.69, 9.17) is 9.84 Å². The Morgan fingerprint density at radius 2 is 2.29 bits per heavy atom. The lowest BCUT2D eigenvalue weighted by Crippen LogP contribution is -2.41. The zero-order valence-corrected chi connectivity index (χ0v) is 12.0. The van der Waals surface area contributed by atoms with Crippen molar-refractivity contribution in [2.24, 2.45) is 0 Å². The molecule has 1 saturated heterocycles. The highest BCUT2D eigenvalue weighted by molar-refractivity contribution is 5.95. The quantitative estimate of drug-likeness (QED) is 0.844. The maximum absolute atomic E-state index is 14.1. The fourth-order valence-electron chi connectivity index (χ4n) is 2.40. The van der Waals surface area contributed by atoms with Gasteiger partial charge in [-0.05, 0) is 18.9 Å². The summed E-state index contributed by atoms with van der Waals surface area (Å²) < 4.78 is 19.5. The van der Waals surface area contributed by atoms with Crippen molar-refractivity contribution in [3.05, 3.63) is 23.6 Å².